The fraction of sp³-hybridized carbons (Fsp3) is 0.480. The van der Waals surface area contributed by atoms with Crippen molar-refractivity contribution < 1.29 is 33.8 Å². The summed E-state index contributed by atoms with van der Waals surface area (Å²) in [7, 11) is 0. The van der Waals surface area contributed by atoms with Crippen LogP contribution in [-0.2, 0) is 35.1 Å². The molecule has 3 aliphatic rings. The number of ketones is 1. The summed E-state index contributed by atoms with van der Waals surface area (Å²) < 4.78 is 13.7. The molecule has 4 atom stereocenters. The molecule has 18 heteroatoms. The lowest BCUT2D eigenvalue weighted by Crippen LogP contribution is -2.57. The molecule has 1 saturated heterocycles. The number of carbonyl (C=O) groups excluding carboxylic acids is 4. The standard InChI is InChI=1S/C50H59ClN8O7S2/c1-27-29(3)68-49-43(27)44(32-13-15-34(51)16-14-32)54-38(47-57-56-30(4)59(47)49)23-41(62)53-35-20-37(21-35)66-19-18-65-25-42(63)55-46(50(5,6)7)48(64)58-24-36(60)22-39(58)40(61)17-10-31-8-11-33(12-9-31)45-28(2)52-26-67-45/h8-9,11-16,26,35-39,46,60H,10,17-25H2,1-7H3,(H,53,62)(H,55,63)/t35?,36-,37?,38+,39+,46-/m1/s1. The highest BCUT2D eigenvalue weighted by atomic mass is 35.5. The lowest BCUT2D eigenvalue weighted by molar-refractivity contribution is -0.144. The molecule has 0 radical (unpaired) electrons. The van der Waals surface area contributed by atoms with E-state index in [1.54, 1.807) is 22.7 Å². The predicted molar refractivity (Wildman–Crippen MR) is 263 cm³/mol. The van der Waals surface area contributed by atoms with Crippen LogP contribution < -0.4 is 10.6 Å². The number of nitrogens with zero attached hydrogens (tertiary/aromatic N) is 6. The van der Waals surface area contributed by atoms with Gasteiger partial charge in [-0.15, -0.1) is 32.9 Å². The fourth-order valence-corrected chi connectivity index (χ4v) is 11.2. The van der Waals surface area contributed by atoms with Crippen molar-refractivity contribution in [1.29, 1.82) is 0 Å². The van der Waals surface area contributed by atoms with E-state index in [2.05, 4.69) is 39.7 Å². The van der Waals surface area contributed by atoms with Crippen LogP contribution in [0.15, 0.2) is 59.0 Å². The Bertz CT molecular complexity index is 2680. The van der Waals surface area contributed by atoms with Crippen molar-refractivity contribution in [2.75, 3.05) is 26.4 Å². The van der Waals surface area contributed by atoms with E-state index >= 15 is 0 Å². The van der Waals surface area contributed by atoms with Crippen molar-refractivity contribution in [2.45, 2.75) is 123 Å². The minimum absolute atomic E-state index is 0.0147. The zero-order valence-corrected chi connectivity index (χ0v) is 41.9. The van der Waals surface area contributed by atoms with Crippen LogP contribution in [-0.4, -0.2) is 116 Å². The topological polar surface area (TPSA) is 190 Å². The van der Waals surface area contributed by atoms with Gasteiger partial charge >= 0.3 is 0 Å². The third-order valence-corrected chi connectivity index (χ3v) is 15.4. The van der Waals surface area contributed by atoms with Gasteiger partial charge in [-0.2, -0.15) is 0 Å². The second-order valence-corrected chi connectivity index (χ2v) is 21.6. The Labute approximate surface area is 409 Å². The number of amides is 3. The number of aromatic nitrogens is 4. The van der Waals surface area contributed by atoms with E-state index in [4.69, 9.17) is 26.1 Å². The zero-order chi connectivity index (χ0) is 48.4. The zero-order valence-electron chi connectivity index (χ0n) is 39.5. The lowest BCUT2D eigenvalue weighted by atomic mass is 9.85. The van der Waals surface area contributed by atoms with Crippen LogP contribution in [0.1, 0.15) is 103 Å². The maximum Gasteiger partial charge on any atom is 0.246 e. The Morgan fingerprint density at radius 1 is 0.941 bits per heavy atom. The Balaban J connectivity index is 0.776. The molecule has 5 aromatic rings. The van der Waals surface area contributed by atoms with Gasteiger partial charge in [-0.3, -0.25) is 28.7 Å². The number of rotatable bonds is 17. The van der Waals surface area contributed by atoms with Gasteiger partial charge in [-0.05, 0) is 81.2 Å². The first kappa shape index (κ1) is 49.3. The molecule has 2 aliphatic heterocycles. The first-order valence-corrected chi connectivity index (χ1v) is 25.2. The number of aryl methyl sites for hydroxylation is 4. The van der Waals surface area contributed by atoms with E-state index in [1.807, 2.05) is 93.2 Å². The molecule has 68 heavy (non-hydrogen) atoms. The number of nitrogens with one attached hydrogen (secondary N) is 2. The van der Waals surface area contributed by atoms with Crippen LogP contribution in [0.4, 0.5) is 0 Å². The minimum Gasteiger partial charge on any atom is -0.391 e. The summed E-state index contributed by atoms with van der Waals surface area (Å²) in [5.41, 5.74) is 8.00. The summed E-state index contributed by atoms with van der Waals surface area (Å²) in [4.78, 5) is 67.6. The molecule has 360 valence electrons. The van der Waals surface area contributed by atoms with Crippen LogP contribution in [0, 0.1) is 33.1 Å². The molecule has 2 fully saturated rings. The SMILES string of the molecule is Cc1ncsc1-c1ccc(CCC(=O)[C@@H]2C[C@@H](O)CN2C(=O)[C@@H](NC(=O)COCCOC2CC(NC(=O)C[C@@H]3N=C(c4ccc(Cl)cc4)c4c(sc(C)c4C)-n4c(C)nnc43)C2)C(C)(C)C)cc1. The highest BCUT2D eigenvalue weighted by molar-refractivity contribution is 7.15. The lowest BCUT2D eigenvalue weighted by Gasteiger charge is -2.36. The smallest absolute Gasteiger partial charge is 0.246 e. The molecule has 1 aliphatic carbocycles. The predicted octanol–water partition coefficient (Wildman–Crippen LogP) is 7.00. The average molecular weight is 984 g/mol. The van der Waals surface area contributed by atoms with E-state index < -0.39 is 41.5 Å². The van der Waals surface area contributed by atoms with Gasteiger partial charge in [0.05, 0.1) is 59.7 Å². The van der Waals surface area contributed by atoms with Crippen molar-refractivity contribution in [2.24, 2.45) is 10.4 Å². The van der Waals surface area contributed by atoms with Crippen molar-refractivity contribution in [3.05, 3.63) is 104 Å². The Morgan fingerprint density at radius 3 is 2.35 bits per heavy atom. The summed E-state index contributed by atoms with van der Waals surface area (Å²) >= 11 is 9.50. The molecular formula is C50H59ClN8O7S2. The van der Waals surface area contributed by atoms with Crippen LogP contribution in [0.25, 0.3) is 15.4 Å². The van der Waals surface area contributed by atoms with Crippen LogP contribution in [0.2, 0.25) is 5.02 Å². The first-order valence-electron chi connectivity index (χ1n) is 23.1. The van der Waals surface area contributed by atoms with E-state index in [-0.39, 0.29) is 69.5 Å². The number of aliphatic imine (C=N–C) groups is 1. The normalized spacial score (nSPS) is 20.5. The Hall–Kier alpha value is -5.17. The average Bonchev–Trinajstić information content (AvgIpc) is 4.05. The van der Waals surface area contributed by atoms with Crippen molar-refractivity contribution in [3.63, 3.8) is 0 Å². The number of ether oxygens (including phenoxy) is 2. The van der Waals surface area contributed by atoms with Crippen molar-refractivity contribution >= 4 is 63.5 Å². The number of hydrogen-bond acceptors (Lipinski definition) is 13. The molecule has 1 saturated carbocycles. The van der Waals surface area contributed by atoms with Gasteiger partial charge in [0.1, 0.15) is 29.5 Å². The number of thiophene rings is 1. The van der Waals surface area contributed by atoms with E-state index in [0.29, 0.717) is 30.1 Å². The van der Waals surface area contributed by atoms with Gasteiger partial charge in [0.15, 0.2) is 11.6 Å². The molecule has 8 rings (SSSR count). The minimum atomic E-state index is -0.954. The van der Waals surface area contributed by atoms with Gasteiger partial charge in [0.25, 0.3) is 0 Å². The maximum absolute atomic E-state index is 14.1. The number of likely N-dealkylation sites (tertiary alicyclic amines) is 1. The molecule has 0 unspecified atom stereocenters. The summed E-state index contributed by atoms with van der Waals surface area (Å²) in [5.74, 6) is 0.183. The molecule has 3 N–H and O–H groups in total. The van der Waals surface area contributed by atoms with Crippen molar-refractivity contribution in [3.8, 4) is 15.4 Å². The Kier molecular flexibility index (Phi) is 15.1. The molecule has 2 aromatic carbocycles. The summed E-state index contributed by atoms with van der Waals surface area (Å²) in [6, 6.07) is 13.3. The molecule has 5 heterocycles. The van der Waals surface area contributed by atoms with Crippen LogP contribution >= 0.6 is 34.3 Å². The number of fused-ring (bicyclic) bond motifs is 3. The largest absolute Gasteiger partial charge is 0.391 e. The van der Waals surface area contributed by atoms with Gasteiger partial charge in [0.2, 0.25) is 17.7 Å². The van der Waals surface area contributed by atoms with Crippen molar-refractivity contribution in [1.82, 2.24) is 35.3 Å². The second kappa shape index (κ2) is 20.8. The fourth-order valence-electron chi connectivity index (χ4n) is 9.07. The third kappa shape index (κ3) is 11.0. The second-order valence-electron chi connectivity index (χ2n) is 19.1. The number of hydrogen-bond donors (Lipinski definition) is 3. The molecular weight excluding hydrogens is 924 g/mol. The number of halogens is 1. The molecule has 15 nitrogen and oxygen atoms in total. The number of carbonyl (C=O) groups is 4. The number of aliphatic hydroxyl groups is 1. The van der Waals surface area contributed by atoms with E-state index in [9.17, 15) is 24.3 Å². The highest BCUT2D eigenvalue weighted by Gasteiger charge is 2.44. The maximum atomic E-state index is 14.1. The highest BCUT2D eigenvalue weighted by Crippen LogP contribution is 2.40. The number of aliphatic hydroxyl groups excluding tert-OH is 1. The van der Waals surface area contributed by atoms with Crippen LogP contribution in [0.3, 0.4) is 0 Å². The van der Waals surface area contributed by atoms with E-state index in [1.165, 1.54) is 9.78 Å². The molecule has 0 spiro atoms. The van der Waals surface area contributed by atoms with Crippen LogP contribution in [0.5, 0.6) is 0 Å². The summed E-state index contributed by atoms with van der Waals surface area (Å²) in [5, 5.41) is 27.1. The van der Waals surface area contributed by atoms with Gasteiger partial charge in [0, 0.05) is 46.5 Å². The van der Waals surface area contributed by atoms with Gasteiger partial charge in [-0.1, -0.05) is 68.8 Å². The third-order valence-electron chi connectivity index (χ3n) is 13.0. The van der Waals surface area contributed by atoms with E-state index in [0.717, 1.165) is 54.9 Å². The number of benzene rings is 2. The van der Waals surface area contributed by atoms with Gasteiger partial charge in [-0.25, -0.2) is 4.98 Å². The Morgan fingerprint density at radius 2 is 1.66 bits per heavy atom. The number of Topliss-reactive ketones (excluding diaryl/α,β-unsaturated/α-hetero) is 1. The summed E-state index contributed by atoms with van der Waals surface area (Å²) in [6.45, 7) is 13.7. The molecule has 0 bridgehead atoms. The quantitative estimate of drug-likeness (QED) is 0.0819. The molecule has 3 amide bonds. The monoisotopic (exact) mass is 982 g/mol. The number of β-amino-alcohol motifs (C(OH)–C–C–N with tert-alkyl or cyclic N) is 1. The number of thiazole rings is 1. The summed E-state index contributed by atoms with van der Waals surface area (Å²) in [6.07, 6.45) is 1.30. The first-order chi connectivity index (χ1) is 32.4. The van der Waals surface area contributed by atoms with Gasteiger partial charge < -0.3 is 30.1 Å². The molecule has 3 aromatic heterocycles.